The van der Waals surface area contributed by atoms with Gasteiger partial charge < -0.3 is 20.5 Å². The van der Waals surface area contributed by atoms with E-state index >= 15 is 0 Å². The van der Waals surface area contributed by atoms with Crippen LogP contribution in [0.25, 0.3) is 0 Å². The molecule has 0 bridgehead atoms. The summed E-state index contributed by atoms with van der Waals surface area (Å²) in [7, 11) is -3.52. The standard InChI is InChI=1S/C9H16NO6P/c10-7(8(11)12)2-4-17(14,15)5-6-1-3-16-9(6)13/h6-7H,1-5,10H2,(H,11,12)(H,14,15)/t6?,7-/m0/s1. The molecule has 1 saturated heterocycles. The first-order chi connectivity index (χ1) is 7.82. The number of rotatable bonds is 6. The monoisotopic (exact) mass is 265 g/mol. The van der Waals surface area contributed by atoms with E-state index in [1.165, 1.54) is 0 Å². The topological polar surface area (TPSA) is 127 Å². The summed E-state index contributed by atoms with van der Waals surface area (Å²) < 4.78 is 16.4. The van der Waals surface area contributed by atoms with E-state index in [0.717, 1.165) is 0 Å². The van der Waals surface area contributed by atoms with Crippen molar-refractivity contribution in [2.75, 3.05) is 18.9 Å². The van der Waals surface area contributed by atoms with Crippen molar-refractivity contribution < 1.29 is 28.9 Å². The number of aliphatic carboxylic acids is 1. The molecule has 1 heterocycles. The van der Waals surface area contributed by atoms with Crippen LogP contribution in [-0.2, 0) is 18.9 Å². The van der Waals surface area contributed by atoms with Gasteiger partial charge in [-0.15, -0.1) is 0 Å². The van der Waals surface area contributed by atoms with E-state index in [-0.39, 0.29) is 25.4 Å². The first kappa shape index (κ1) is 14.2. The minimum atomic E-state index is -3.52. The molecule has 3 atom stereocenters. The summed E-state index contributed by atoms with van der Waals surface area (Å²) in [6, 6.07) is -1.15. The van der Waals surface area contributed by atoms with Crippen LogP contribution in [0, 0.1) is 5.92 Å². The van der Waals surface area contributed by atoms with Crippen LogP contribution in [0.4, 0.5) is 0 Å². The van der Waals surface area contributed by atoms with Crippen molar-refractivity contribution in [3.63, 3.8) is 0 Å². The molecule has 8 heteroatoms. The van der Waals surface area contributed by atoms with Crippen LogP contribution >= 0.6 is 7.37 Å². The Kier molecular flexibility index (Phi) is 4.68. The molecule has 2 unspecified atom stereocenters. The van der Waals surface area contributed by atoms with E-state index in [9.17, 15) is 19.0 Å². The van der Waals surface area contributed by atoms with Gasteiger partial charge >= 0.3 is 11.9 Å². The van der Waals surface area contributed by atoms with Gasteiger partial charge in [-0.2, -0.15) is 0 Å². The van der Waals surface area contributed by atoms with Crippen LogP contribution < -0.4 is 5.73 Å². The van der Waals surface area contributed by atoms with E-state index in [1.807, 2.05) is 0 Å². The third-order valence-electron chi connectivity index (χ3n) is 2.66. The Morgan fingerprint density at radius 3 is 2.76 bits per heavy atom. The van der Waals surface area contributed by atoms with Crippen LogP contribution in [0.15, 0.2) is 0 Å². The number of hydrogen-bond donors (Lipinski definition) is 3. The fraction of sp³-hybridized carbons (Fsp3) is 0.778. The Balaban J connectivity index is 2.43. The van der Waals surface area contributed by atoms with Gasteiger partial charge in [0, 0.05) is 12.3 Å². The summed E-state index contributed by atoms with van der Waals surface area (Å²) in [5.74, 6) is -2.21. The molecule has 0 aliphatic carbocycles. The van der Waals surface area contributed by atoms with Crippen LogP contribution in [0.3, 0.4) is 0 Å². The number of esters is 1. The van der Waals surface area contributed by atoms with Crippen LogP contribution in [0.1, 0.15) is 12.8 Å². The average molecular weight is 265 g/mol. The lowest BCUT2D eigenvalue weighted by molar-refractivity contribution is -0.141. The smallest absolute Gasteiger partial charge is 0.320 e. The van der Waals surface area contributed by atoms with Gasteiger partial charge in [0.25, 0.3) is 0 Å². The lowest BCUT2D eigenvalue weighted by Gasteiger charge is -2.15. The predicted molar refractivity (Wildman–Crippen MR) is 58.9 cm³/mol. The highest BCUT2D eigenvalue weighted by molar-refractivity contribution is 7.58. The number of cyclic esters (lactones) is 1. The van der Waals surface area contributed by atoms with Crippen molar-refractivity contribution in [2.45, 2.75) is 18.9 Å². The molecule has 1 fully saturated rings. The molecule has 0 saturated carbocycles. The fourth-order valence-corrected chi connectivity index (χ4v) is 3.49. The SMILES string of the molecule is N[C@@H](CCP(=O)(O)CC1CCOC1=O)C(=O)O. The van der Waals surface area contributed by atoms with Gasteiger partial charge in [-0.25, -0.2) is 0 Å². The minimum absolute atomic E-state index is 0.0785. The molecule has 0 aromatic rings. The van der Waals surface area contributed by atoms with E-state index < -0.39 is 31.3 Å². The number of carboxylic acid groups (broad SMARTS) is 1. The third-order valence-corrected chi connectivity index (χ3v) is 4.62. The number of nitrogens with two attached hydrogens (primary N) is 1. The molecule has 0 spiro atoms. The van der Waals surface area contributed by atoms with Crippen molar-refractivity contribution in [2.24, 2.45) is 11.7 Å². The Hall–Kier alpha value is -0.910. The molecule has 0 radical (unpaired) electrons. The van der Waals surface area contributed by atoms with E-state index in [0.29, 0.717) is 6.42 Å². The second kappa shape index (κ2) is 5.62. The summed E-state index contributed by atoms with van der Waals surface area (Å²) in [4.78, 5) is 31.2. The zero-order chi connectivity index (χ0) is 13.1. The molecule has 0 aromatic carbocycles. The van der Waals surface area contributed by atoms with Gasteiger partial charge in [-0.05, 0) is 12.8 Å². The Morgan fingerprint density at radius 2 is 2.29 bits per heavy atom. The molecular formula is C9H16NO6P. The second-order valence-electron chi connectivity index (χ2n) is 4.14. The van der Waals surface area contributed by atoms with E-state index in [2.05, 4.69) is 4.74 Å². The van der Waals surface area contributed by atoms with Gasteiger partial charge in [0.2, 0.25) is 7.37 Å². The first-order valence-electron chi connectivity index (χ1n) is 5.28. The maximum absolute atomic E-state index is 11.7. The van der Waals surface area contributed by atoms with E-state index in [1.54, 1.807) is 0 Å². The molecule has 1 rings (SSSR count). The van der Waals surface area contributed by atoms with Crippen LogP contribution in [0.2, 0.25) is 0 Å². The molecular weight excluding hydrogens is 249 g/mol. The van der Waals surface area contributed by atoms with Crippen LogP contribution in [-0.4, -0.2) is 46.9 Å². The predicted octanol–water partition coefficient (Wildman–Crippen LogP) is -0.378. The molecule has 1 aliphatic heterocycles. The fourth-order valence-electron chi connectivity index (χ4n) is 1.60. The molecule has 1 aliphatic rings. The van der Waals surface area contributed by atoms with Gasteiger partial charge in [-0.3, -0.25) is 14.2 Å². The lowest BCUT2D eigenvalue weighted by atomic mass is 10.1. The highest BCUT2D eigenvalue weighted by Crippen LogP contribution is 2.44. The van der Waals surface area contributed by atoms with E-state index in [4.69, 9.17) is 10.8 Å². The summed E-state index contributed by atoms with van der Waals surface area (Å²) in [6.07, 6.45) is 0.0155. The maximum Gasteiger partial charge on any atom is 0.320 e. The number of carbonyl (C=O) groups is 2. The summed E-state index contributed by atoms with van der Waals surface area (Å²) in [6.45, 7) is 0.276. The molecule has 98 valence electrons. The highest BCUT2D eigenvalue weighted by Gasteiger charge is 2.34. The normalized spacial score (nSPS) is 25.1. The molecule has 0 aromatic heterocycles. The first-order valence-corrected chi connectivity index (χ1v) is 7.31. The zero-order valence-corrected chi connectivity index (χ0v) is 10.1. The lowest BCUT2D eigenvalue weighted by Crippen LogP contribution is -2.31. The average Bonchev–Trinajstić information content (AvgIpc) is 2.60. The van der Waals surface area contributed by atoms with Crippen molar-refractivity contribution in [3.8, 4) is 0 Å². The van der Waals surface area contributed by atoms with Gasteiger partial charge in [0.1, 0.15) is 6.04 Å². The Labute approximate surface area is 98.4 Å². The quantitative estimate of drug-likeness (QED) is 0.441. The van der Waals surface area contributed by atoms with Gasteiger partial charge in [0.15, 0.2) is 0 Å². The molecule has 0 amide bonds. The highest BCUT2D eigenvalue weighted by atomic mass is 31.2. The van der Waals surface area contributed by atoms with Crippen molar-refractivity contribution >= 4 is 19.3 Å². The second-order valence-corrected chi connectivity index (χ2v) is 6.64. The summed E-state index contributed by atoms with van der Waals surface area (Å²) in [5.41, 5.74) is 5.24. The maximum atomic E-state index is 11.7. The van der Waals surface area contributed by atoms with Crippen LogP contribution in [0.5, 0.6) is 0 Å². The number of hydrogen-bond acceptors (Lipinski definition) is 5. The van der Waals surface area contributed by atoms with Crippen molar-refractivity contribution in [3.05, 3.63) is 0 Å². The zero-order valence-electron chi connectivity index (χ0n) is 9.24. The number of carboxylic acids is 1. The van der Waals surface area contributed by atoms with Crippen molar-refractivity contribution in [1.82, 2.24) is 0 Å². The largest absolute Gasteiger partial charge is 0.480 e. The minimum Gasteiger partial charge on any atom is -0.480 e. The molecule has 4 N–H and O–H groups in total. The van der Waals surface area contributed by atoms with Crippen molar-refractivity contribution in [1.29, 1.82) is 0 Å². The Morgan fingerprint density at radius 1 is 1.65 bits per heavy atom. The van der Waals surface area contributed by atoms with Gasteiger partial charge in [-0.1, -0.05) is 0 Å². The number of ether oxygens (including phenoxy) is 1. The van der Waals surface area contributed by atoms with Gasteiger partial charge in [0.05, 0.1) is 12.5 Å². The summed E-state index contributed by atoms with van der Waals surface area (Å²) >= 11 is 0. The number of carbonyl (C=O) groups excluding carboxylic acids is 1. The third kappa shape index (κ3) is 4.46. The molecule has 17 heavy (non-hydrogen) atoms. The summed E-state index contributed by atoms with van der Waals surface area (Å²) in [5, 5.41) is 8.53. The molecule has 7 nitrogen and oxygen atoms in total. The Bertz CT molecular complexity index is 357.